The number of hydrogen-bond donors (Lipinski definition) is 1. The summed E-state index contributed by atoms with van der Waals surface area (Å²) in [7, 11) is 0. The molecule has 1 aliphatic rings. The summed E-state index contributed by atoms with van der Waals surface area (Å²) in [5.74, 6) is 0.633. The van der Waals surface area contributed by atoms with Crippen LogP contribution >= 0.6 is 0 Å². The van der Waals surface area contributed by atoms with E-state index in [1.54, 1.807) is 0 Å². The van der Waals surface area contributed by atoms with E-state index in [2.05, 4.69) is 15.2 Å². The largest absolute Gasteiger partial charge is 0.417 e. The molecule has 1 fully saturated rings. The van der Waals surface area contributed by atoms with Gasteiger partial charge in [0.2, 0.25) is 0 Å². The van der Waals surface area contributed by atoms with Crippen molar-refractivity contribution in [2.24, 2.45) is 0 Å². The molecule has 6 heteroatoms. The number of nitrogens with one attached hydrogen (secondary N) is 1. The average Bonchev–Trinajstić information content (AvgIpc) is 2.83. The first kappa shape index (κ1) is 14.1. The number of anilines is 1. The Bertz CT molecular complexity index is 403. The molecule has 1 atom stereocenters. The number of rotatable bonds is 4. The van der Waals surface area contributed by atoms with Crippen molar-refractivity contribution in [3.05, 3.63) is 23.9 Å². The normalized spacial score (nSPS) is 20.0. The van der Waals surface area contributed by atoms with E-state index < -0.39 is 11.7 Å². The van der Waals surface area contributed by atoms with E-state index in [0.717, 1.165) is 44.7 Å². The molecular weight excluding hydrogens is 255 g/mol. The van der Waals surface area contributed by atoms with Gasteiger partial charge in [-0.15, -0.1) is 0 Å². The topological polar surface area (TPSA) is 28.2 Å². The number of hydrogen-bond acceptors (Lipinski definition) is 3. The van der Waals surface area contributed by atoms with Gasteiger partial charge in [-0.25, -0.2) is 4.98 Å². The lowest BCUT2D eigenvalue weighted by molar-refractivity contribution is -0.137. The minimum Gasteiger partial charge on any atom is -0.352 e. The van der Waals surface area contributed by atoms with E-state index in [1.165, 1.54) is 6.07 Å². The second-order valence-corrected chi connectivity index (χ2v) is 4.70. The minimum atomic E-state index is -4.32. The number of alkyl halides is 3. The lowest BCUT2D eigenvalue weighted by Crippen LogP contribution is -2.38. The van der Waals surface area contributed by atoms with Gasteiger partial charge in [0, 0.05) is 25.3 Å². The van der Waals surface area contributed by atoms with Gasteiger partial charge in [0.1, 0.15) is 5.82 Å². The fraction of sp³-hybridized carbons (Fsp3) is 0.615. The molecule has 0 aliphatic carbocycles. The van der Waals surface area contributed by atoms with Gasteiger partial charge in [-0.1, -0.05) is 6.92 Å². The van der Waals surface area contributed by atoms with Crippen LogP contribution in [-0.2, 0) is 6.18 Å². The predicted molar refractivity (Wildman–Crippen MR) is 68.2 cm³/mol. The van der Waals surface area contributed by atoms with Gasteiger partial charge >= 0.3 is 6.18 Å². The second-order valence-electron chi connectivity index (χ2n) is 4.70. The minimum absolute atomic E-state index is 0.323. The lowest BCUT2D eigenvalue weighted by atomic mass is 10.2. The highest BCUT2D eigenvalue weighted by Gasteiger charge is 2.31. The van der Waals surface area contributed by atoms with Crippen LogP contribution in [-0.4, -0.2) is 30.7 Å². The van der Waals surface area contributed by atoms with Gasteiger partial charge in [-0.2, -0.15) is 13.2 Å². The van der Waals surface area contributed by atoms with Crippen molar-refractivity contribution in [3.63, 3.8) is 0 Å². The Labute approximate surface area is 110 Å². The third-order valence-electron chi connectivity index (χ3n) is 3.38. The molecular formula is C13H18F3N3. The molecule has 0 spiro atoms. The fourth-order valence-corrected chi connectivity index (χ4v) is 2.38. The van der Waals surface area contributed by atoms with E-state index in [1.807, 2.05) is 6.92 Å². The van der Waals surface area contributed by atoms with Crippen LogP contribution in [0.15, 0.2) is 18.3 Å². The van der Waals surface area contributed by atoms with Crippen LogP contribution in [0.4, 0.5) is 19.0 Å². The molecule has 1 unspecified atom stereocenters. The molecule has 1 aromatic heterocycles. The molecule has 2 rings (SSSR count). The third kappa shape index (κ3) is 3.37. The van der Waals surface area contributed by atoms with Gasteiger partial charge in [-0.05, 0) is 31.5 Å². The molecule has 0 saturated carbocycles. The van der Waals surface area contributed by atoms with Crippen LogP contribution in [0.2, 0.25) is 0 Å². The molecule has 0 bridgehead atoms. The Morgan fingerprint density at radius 1 is 1.42 bits per heavy atom. The maximum Gasteiger partial charge on any atom is 0.417 e. The first-order valence-corrected chi connectivity index (χ1v) is 6.53. The van der Waals surface area contributed by atoms with Crippen LogP contribution in [0.25, 0.3) is 0 Å². The molecule has 0 amide bonds. The Kier molecular flexibility index (Phi) is 4.29. The van der Waals surface area contributed by atoms with Crippen LogP contribution in [0.5, 0.6) is 0 Å². The van der Waals surface area contributed by atoms with Gasteiger partial charge in [-0.3, -0.25) is 0 Å². The summed E-state index contributed by atoms with van der Waals surface area (Å²) in [4.78, 5) is 6.05. The fourth-order valence-electron chi connectivity index (χ4n) is 2.38. The summed E-state index contributed by atoms with van der Waals surface area (Å²) >= 11 is 0. The van der Waals surface area contributed by atoms with E-state index in [4.69, 9.17) is 0 Å². The summed E-state index contributed by atoms with van der Waals surface area (Å²) in [5.41, 5.74) is -0.696. The quantitative estimate of drug-likeness (QED) is 0.914. The van der Waals surface area contributed by atoms with E-state index in [-0.39, 0.29) is 0 Å². The van der Waals surface area contributed by atoms with Gasteiger partial charge in [0.05, 0.1) is 5.56 Å². The van der Waals surface area contributed by atoms with Crippen molar-refractivity contribution in [2.75, 3.05) is 24.5 Å². The molecule has 0 radical (unpaired) electrons. The van der Waals surface area contributed by atoms with Crippen molar-refractivity contribution < 1.29 is 13.2 Å². The lowest BCUT2D eigenvalue weighted by Gasteiger charge is -2.26. The molecule has 3 nitrogen and oxygen atoms in total. The maximum absolute atomic E-state index is 12.5. The number of aromatic nitrogens is 1. The Balaban J connectivity index is 2.08. The van der Waals surface area contributed by atoms with E-state index in [0.29, 0.717) is 11.9 Å². The summed E-state index contributed by atoms with van der Waals surface area (Å²) < 4.78 is 37.4. The smallest absolute Gasteiger partial charge is 0.352 e. The highest BCUT2D eigenvalue weighted by Crippen LogP contribution is 2.30. The number of likely N-dealkylation sites (N-methyl/N-ethyl adjacent to an activating group) is 1. The van der Waals surface area contributed by atoms with Gasteiger partial charge in [0.15, 0.2) is 0 Å². The maximum atomic E-state index is 12.5. The number of nitrogens with zero attached hydrogens (tertiary/aromatic N) is 2. The highest BCUT2D eigenvalue weighted by molar-refractivity contribution is 5.42. The highest BCUT2D eigenvalue weighted by atomic mass is 19.4. The van der Waals surface area contributed by atoms with Crippen molar-refractivity contribution in [1.29, 1.82) is 0 Å². The number of halogens is 3. The second kappa shape index (κ2) is 5.77. The monoisotopic (exact) mass is 273 g/mol. The van der Waals surface area contributed by atoms with E-state index in [9.17, 15) is 13.2 Å². The van der Waals surface area contributed by atoms with Crippen molar-refractivity contribution in [3.8, 4) is 0 Å². The Hall–Kier alpha value is -1.30. The standard InChI is InChI=1S/C13H18F3N3/c1-2-17-9-11-4-3-7-19(11)12-6-5-10(8-18-12)13(14,15)16/h5-6,8,11,17H,2-4,7,9H2,1H3. The number of pyridine rings is 1. The molecule has 1 N–H and O–H groups in total. The SMILES string of the molecule is CCNCC1CCCN1c1ccc(C(F)(F)F)cn1. The zero-order valence-electron chi connectivity index (χ0n) is 10.9. The zero-order chi connectivity index (χ0) is 13.9. The molecule has 1 aliphatic heterocycles. The average molecular weight is 273 g/mol. The summed E-state index contributed by atoms with van der Waals surface area (Å²) in [6.07, 6.45) is -1.30. The van der Waals surface area contributed by atoms with Crippen LogP contribution in [0.1, 0.15) is 25.3 Å². The summed E-state index contributed by atoms with van der Waals surface area (Å²) in [5, 5.41) is 3.28. The van der Waals surface area contributed by atoms with Crippen LogP contribution < -0.4 is 10.2 Å². The van der Waals surface area contributed by atoms with Crippen molar-refractivity contribution in [2.45, 2.75) is 32.0 Å². The third-order valence-corrected chi connectivity index (χ3v) is 3.38. The molecule has 0 aromatic carbocycles. The predicted octanol–water partition coefficient (Wildman–Crippen LogP) is 2.68. The first-order valence-electron chi connectivity index (χ1n) is 6.53. The van der Waals surface area contributed by atoms with Crippen LogP contribution in [0, 0.1) is 0 Å². The summed E-state index contributed by atoms with van der Waals surface area (Å²) in [6.45, 7) is 4.63. The van der Waals surface area contributed by atoms with Crippen LogP contribution in [0.3, 0.4) is 0 Å². The summed E-state index contributed by atoms with van der Waals surface area (Å²) in [6, 6.07) is 2.89. The van der Waals surface area contributed by atoms with Crippen molar-refractivity contribution >= 4 is 5.82 Å². The van der Waals surface area contributed by atoms with E-state index >= 15 is 0 Å². The first-order chi connectivity index (χ1) is 9.02. The molecule has 19 heavy (non-hydrogen) atoms. The molecule has 1 saturated heterocycles. The Morgan fingerprint density at radius 2 is 2.21 bits per heavy atom. The van der Waals surface area contributed by atoms with Gasteiger partial charge < -0.3 is 10.2 Å². The molecule has 2 heterocycles. The molecule has 1 aromatic rings. The Morgan fingerprint density at radius 3 is 2.79 bits per heavy atom. The van der Waals surface area contributed by atoms with Gasteiger partial charge in [0.25, 0.3) is 0 Å². The van der Waals surface area contributed by atoms with Crippen molar-refractivity contribution in [1.82, 2.24) is 10.3 Å². The zero-order valence-corrected chi connectivity index (χ0v) is 10.9. The molecule has 106 valence electrons.